The lowest BCUT2D eigenvalue weighted by Crippen LogP contribution is -2.43. The third kappa shape index (κ3) is 4.16. The molecule has 1 aliphatic rings. The van der Waals surface area contributed by atoms with Gasteiger partial charge in [-0.15, -0.1) is 0 Å². The van der Waals surface area contributed by atoms with E-state index in [1.54, 1.807) is 19.5 Å². The summed E-state index contributed by atoms with van der Waals surface area (Å²) in [6.07, 6.45) is 5.51. The maximum Gasteiger partial charge on any atom is 0.225 e. The molecule has 0 bridgehead atoms. The van der Waals surface area contributed by atoms with E-state index in [-0.39, 0.29) is 0 Å². The Hall–Kier alpha value is -1.85. The van der Waals surface area contributed by atoms with Gasteiger partial charge in [-0.1, -0.05) is 23.7 Å². The van der Waals surface area contributed by atoms with E-state index in [2.05, 4.69) is 38.9 Å². The van der Waals surface area contributed by atoms with Crippen LogP contribution in [0.25, 0.3) is 0 Å². The molecule has 0 saturated carbocycles. The minimum absolute atomic E-state index is 0.465. The fourth-order valence-corrected chi connectivity index (χ4v) is 3.24. The summed E-state index contributed by atoms with van der Waals surface area (Å²) < 4.78 is 5.30. The number of aromatic nitrogens is 2. The van der Waals surface area contributed by atoms with Gasteiger partial charge in [-0.05, 0) is 30.5 Å². The van der Waals surface area contributed by atoms with Crippen molar-refractivity contribution in [1.82, 2.24) is 14.9 Å². The molecule has 0 spiro atoms. The summed E-state index contributed by atoms with van der Waals surface area (Å²) in [5.74, 6) is 1.66. The Bertz CT molecular complexity index is 656. The van der Waals surface area contributed by atoms with Gasteiger partial charge in [-0.3, -0.25) is 4.90 Å². The highest BCUT2D eigenvalue weighted by atomic mass is 35.5. The molecule has 24 heavy (non-hydrogen) atoms. The first-order valence-electron chi connectivity index (χ1n) is 8.21. The second kappa shape index (κ2) is 7.81. The molecule has 5 nitrogen and oxygen atoms in total. The molecule has 2 aromatic rings. The molecule has 0 unspecified atom stereocenters. The van der Waals surface area contributed by atoms with Crippen molar-refractivity contribution in [2.75, 3.05) is 32.1 Å². The summed E-state index contributed by atoms with van der Waals surface area (Å²) in [6.45, 7) is 3.10. The van der Waals surface area contributed by atoms with E-state index >= 15 is 0 Å². The van der Waals surface area contributed by atoms with Crippen molar-refractivity contribution in [2.24, 2.45) is 0 Å². The number of hydrogen-bond acceptors (Lipinski definition) is 5. The Morgan fingerprint density at radius 3 is 2.62 bits per heavy atom. The van der Waals surface area contributed by atoms with Crippen molar-refractivity contribution >= 4 is 17.5 Å². The van der Waals surface area contributed by atoms with Crippen LogP contribution < -0.4 is 9.64 Å². The Kier molecular flexibility index (Phi) is 5.53. The van der Waals surface area contributed by atoms with Gasteiger partial charge in [-0.2, -0.15) is 0 Å². The SMILES string of the molecule is COc1cccc(CN2CCC(N(C)c3ncc(Cl)cn3)CC2)c1. The predicted octanol–water partition coefficient (Wildman–Crippen LogP) is 3.24. The zero-order valence-corrected chi connectivity index (χ0v) is 14.9. The summed E-state index contributed by atoms with van der Waals surface area (Å²) in [7, 11) is 3.77. The maximum atomic E-state index is 5.86. The predicted molar refractivity (Wildman–Crippen MR) is 96.7 cm³/mol. The summed E-state index contributed by atoms with van der Waals surface area (Å²) in [5.41, 5.74) is 1.29. The van der Waals surface area contributed by atoms with Gasteiger partial charge in [0.25, 0.3) is 0 Å². The highest BCUT2D eigenvalue weighted by Gasteiger charge is 2.24. The summed E-state index contributed by atoms with van der Waals surface area (Å²) in [5, 5.41) is 0.570. The monoisotopic (exact) mass is 346 g/mol. The topological polar surface area (TPSA) is 41.5 Å². The average molecular weight is 347 g/mol. The number of benzene rings is 1. The van der Waals surface area contributed by atoms with Gasteiger partial charge >= 0.3 is 0 Å². The Balaban J connectivity index is 1.54. The molecular weight excluding hydrogens is 324 g/mol. The van der Waals surface area contributed by atoms with Crippen LogP contribution in [0.5, 0.6) is 5.75 Å². The van der Waals surface area contributed by atoms with Crippen LogP contribution in [0.3, 0.4) is 0 Å². The Labute approximate surface area is 148 Å². The lowest BCUT2D eigenvalue weighted by Gasteiger charge is -2.36. The van der Waals surface area contributed by atoms with E-state index in [0.717, 1.165) is 44.2 Å². The maximum absolute atomic E-state index is 5.86. The van der Waals surface area contributed by atoms with E-state index < -0.39 is 0 Å². The molecular formula is C18H23ClN4O. The molecule has 1 aromatic carbocycles. The van der Waals surface area contributed by atoms with E-state index in [0.29, 0.717) is 11.1 Å². The molecule has 0 aliphatic carbocycles. The van der Waals surface area contributed by atoms with Crippen molar-refractivity contribution in [1.29, 1.82) is 0 Å². The quantitative estimate of drug-likeness (QED) is 0.831. The summed E-state index contributed by atoms with van der Waals surface area (Å²) >= 11 is 5.86. The molecule has 6 heteroatoms. The fourth-order valence-electron chi connectivity index (χ4n) is 3.14. The van der Waals surface area contributed by atoms with Crippen LogP contribution in [-0.2, 0) is 6.54 Å². The van der Waals surface area contributed by atoms with Crippen LogP contribution in [0.15, 0.2) is 36.7 Å². The molecule has 0 N–H and O–H groups in total. The van der Waals surface area contributed by atoms with Gasteiger partial charge in [-0.25, -0.2) is 9.97 Å². The standard InChI is InChI=1S/C18H23ClN4O/c1-22(18-20-11-15(19)12-21-18)16-6-8-23(9-7-16)13-14-4-3-5-17(10-14)24-2/h3-5,10-12,16H,6-9,13H2,1-2H3. The third-order valence-corrected chi connectivity index (χ3v) is 4.76. The normalized spacial score (nSPS) is 16.1. The molecule has 2 heterocycles. The van der Waals surface area contributed by atoms with E-state index in [4.69, 9.17) is 16.3 Å². The van der Waals surface area contributed by atoms with Gasteiger partial charge in [0.2, 0.25) is 5.95 Å². The molecule has 3 rings (SSSR count). The zero-order valence-electron chi connectivity index (χ0n) is 14.2. The molecule has 1 fully saturated rings. The highest BCUT2D eigenvalue weighted by Crippen LogP contribution is 2.22. The molecule has 0 atom stereocenters. The minimum atomic E-state index is 0.465. The number of ether oxygens (including phenoxy) is 1. The highest BCUT2D eigenvalue weighted by molar-refractivity contribution is 6.30. The van der Waals surface area contributed by atoms with E-state index in [1.165, 1.54) is 5.56 Å². The number of likely N-dealkylation sites (tertiary alicyclic amines) is 1. The lowest BCUT2D eigenvalue weighted by atomic mass is 10.0. The van der Waals surface area contributed by atoms with Crippen molar-refractivity contribution in [3.63, 3.8) is 0 Å². The largest absolute Gasteiger partial charge is 0.497 e. The van der Waals surface area contributed by atoms with Crippen molar-refractivity contribution in [2.45, 2.75) is 25.4 Å². The van der Waals surface area contributed by atoms with Crippen molar-refractivity contribution in [3.05, 3.63) is 47.2 Å². The van der Waals surface area contributed by atoms with Gasteiger partial charge in [0, 0.05) is 32.7 Å². The summed E-state index contributed by atoms with van der Waals surface area (Å²) in [4.78, 5) is 13.3. The van der Waals surface area contributed by atoms with Gasteiger partial charge in [0.1, 0.15) is 5.75 Å². The molecule has 1 aliphatic heterocycles. The van der Waals surface area contributed by atoms with Crippen molar-refractivity contribution in [3.8, 4) is 5.75 Å². The van der Waals surface area contributed by atoms with Crippen LogP contribution >= 0.6 is 11.6 Å². The Morgan fingerprint density at radius 1 is 1.25 bits per heavy atom. The second-order valence-corrected chi connectivity index (χ2v) is 6.61. The molecule has 1 saturated heterocycles. The lowest BCUT2D eigenvalue weighted by molar-refractivity contribution is 0.202. The van der Waals surface area contributed by atoms with Crippen LogP contribution in [0.1, 0.15) is 18.4 Å². The average Bonchev–Trinajstić information content (AvgIpc) is 2.62. The number of nitrogens with zero attached hydrogens (tertiary/aromatic N) is 4. The number of piperidine rings is 1. The van der Waals surface area contributed by atoms with Crippen molar-refractivity contribution < 1.29 is 4.74 Å². The van der Waals surface area contributed by atoms with Gasteiger partial charge in [0.15, 0.2) is 0 Å². The van der Waals surface area contributed by atoms with Gasteiger partial charge in [0.05, 0.1) is 24.5 Å². The first-order valence-corrected chi connectivity index (χ1v) is 8.59. The smallest absolute Gasteiger partial charge is 0.225 e. The molecule has 128 valence electrons. The molecule has 0 amide bonds. The first kappa shape index (κ1) is 17.0. The number of hydrogen-bond donors (Lipinski definition) is 0. The third-order valence-electron chi connectivity index (χ3n) is 4.57. The zero-order chi connectivity index (χ0) is 16.9. The van der Waals surface area contributed by atoms with E-state index in [1.807, 2.05) is 12.1 Å². The second-order valence-electron chi connectivity index (χ2n) is 6.17. The van der Waals surface area contributed by atoms with Gasteiger partial charge < -0.3 is 9.64 Å². The first-order chi connectivity index (χ1) is 11.7. The molecule has 0 radical (unpaired) electrons. The number of halogens is 1. The number of rotatable bonds is 5. The van der Waals surface area contributed by atoms with Crippen LogP contribution in [-0.4, -0.2) is 48.2 Å². The Morgan fingerprint density at radius 2 is 1.96 bits per heavy atom. The van der Waals surface area contributed by atoms with E-state index in [9.17, 15) is 0 Å². The number of anilines is 1. The fraction of sp³-hybridized carbons (Fsp3) is 0.444. The number of methoxy groups -OCH3 is 1. The van der Waals surface area contributed by atoms with Crippen LogP contribution in [0.4, 0.5) is 5.95 Å². The minimum Gasteiger partial charge on any atom is -0.497 e. The van der Waals surface area contributed by atoms with Crippen LogP contribution in [0, 0.1) is 0 Å². The summed E-state index contributed by atoms with van der Waals surface area (Å²) in [6, 6.07) is 8.76. The molecule has 1 aromatic heterocycles. The van der Waals surface area contributed by atoms with Crippen LogP contribution in [0.2, 0.25) is 5.02 Å².